The van der Waals surface area contributed by atoms with Gasteiger partial charge >= 0.3 is 0 Å². The summed E-state index contributed by atoms with van der Waals surface area (Å²) in [5, 5.41) is 12.9. The lowest BCUT2D eigenvalue weighted by molar-refractivity contribution is 0.480. The van der Waals surface area contributed by atoms with Gasteiger partial charge in [-0.15, -0.1) is 0 Å². The summed E-state index contributed by atoms with van der Waals surface area (Å²) in [6.45, 7) is 0. The lowest BCUT2D eigenvalue weighted by atomic mass is 10.1. The zero-order valence-electron chi connectivity index (χ0n) is 11.4. The molecule has 0 aliphatic carbocycles. The molecule has 2 heterocycles. The molecular formula is C15H8ClF2N5. The molecule has 3 rings (SSSR count). The van der Waals surface area contributed by atoms with Crippen LogP contribution < -0.4 is 11.1 Å². The zero-order chi connectivity index (χ0) is 16.6. The van der Waals surface area contributed by atoms with Crippen LogP contribution in [-0.2, 0) is 0 Å². The van der Waals surface area contributed by atoms with Gasteiger partial charge in [0.15, 0.2) is 5.82 Å². The molecule has 0 aliphatic heterocycles. The minimum Gasteiger partial charge on any atom is -0.399 e. The molecular weight excluding hydrogens is 324 g/mol. The van der Waals surface area contributed by atoms with E-state index < -0.39 is 11.8 Å². The molecule has 0 fully saturated rings. The third-order valence-electron chi connectivity index (χ3n) is 3.13. The molecule has 0 aliphatic rings. The number of nitrogens with two attached hydrogens (primary N) is 1. The Kier molecular flexibility index (Phi) is 3.68. The van der Waals surface area contributed by atoms with Crippen molar-refractivity contribution in [3.05, 3.63) is 52.9 Å². The smallest absolute Gasteiger partial charge is 0.249 e. The van der Waals surface area contributed by atoms with Crippen molar-refractivity contribution in [3.63, 3.8) is 0 Å². The average Bonchev–Trinajstić information content (AvgIpc) is 2.51. The second kappa shape index (κ2) is 5.66. The van der Waals surface area contributed by atoms with Crippen LogP contribution in [-0.4, -0.2) is 9.97 Å². The molecule has 3 N–H and O–H groups in total. The van der Waals surface area contributed by atoms with Gasteiger partial charge in [0.1, 0.15) is 6.07 Å². The molecule has 0 amide bonds. The molecule has 0 bridgehead atoms. The number of pyridine rings is 2. The highest BCUT2D eigenvalue weighted by Crippen LogP contribution is 2.34. The summed E-state index contributed by atoms with van der Waals surface area (Å²) in [5.74, 6) is -2.31. The van der Waals surface area contributed by atoms with Crippen molar-refractivity contribution in [1.29, 1.82) is 5.26 Å². The van der Waals surface area contributed by atoms with Crippen molar-refractivity contribution in [2.24, 2.45) is 0 Å². The largest absolute Gasteiger partial charge is 0.399 e. The summed E-state index contributed by atoms with van der Waals surface area (Å²) >= 11 is 6.10. The van der Waals surface area contributed by atoms with Gasteiger partial charge in [-0.3, -0.25) is 4.98 Å². The fourth-order valence-electron chi connectivity index (χ4n) is 2.13. The van der Waals surface area contributed by atoms with Gasteiger partial charge in [0.2, 0.25) is 5.95 Å². The van der Waals surface area contributed by atoms with E-state index >= 15 is 0 Å². The molecule has 5 nitrogen and oxygen atoms in total. The third kappa shape index (κ3) is 2.72. The summed E-state index contributed by atoms with van der Waals surface area (Å²) in [6, 6.07) is 6.03. The third-order valence-corrected chi connectivity index (χ3v) is 3.42. The van der Waals surface area contributed by atoms with E-state index in [9.17, 15) is 14.0 Å². The predicted octanol–water partition coefficient (Wildman–Crippen LogP) is 3.76. The number of hydrogen-bond donors (Lipinski definition) is 2. The van der Waals surface area contributed by atoms with Crippen LogP contribution >= 0.6 is 11.6 Å². The number of rotatable bonds is 2. The van der Waals surface area contributed by atoms with E-state index in [1.54, 1.807) is 6.07 Å². The van der Waals surface area contributed by atoms with Crippen LogP contribution in [0.15, 0.2) is 30.6 Å². The van der Waals surface area contributed by atoms with E-state index in [1.165, 1.54) is 12.3 Å². The Labute approximate surface area is 134 Å². The first-order valence-corrected chi connectivity index (χ1v) is 6.73. The maximum Gasteiger partial charge on any atom is 0.249 e. The van der Waals surface area contributed by atoms with Gasteiger partial charge in [0, 0.05) is 23.3 Å². The minimum absolute atomic E-state index is 0.173. The van der Waals surface area contributed by atoms with Crippen LogP contribution in [0, 0.1) is 23.1 Å². The number of nitrogen functional groups attached to an aromatic ring is 1. The summed E-state index contributed by atoms with van der Waals surface area (Å²) in [7, 11) is 0. The Bertz CT molecular complexity index is 968. The molecule has 0 unspecified atom stereocenters. The molecule has 23 heavy (non-hydrogen) atoms. The fraction of sp³-hybridized carbons (Fsp3) is 0. The first-order chi connectivity index (χ1) is 11.0. The number of benzene rings is 1. The van der Waals surface area contributed by atoms with E-state index in [0.29, 0.717) is 27.3 Å². The van der Waals surface area contributed by atoms with Crippen molar-refractivity contribution in [3.8, 4) is 6.07 Å². The highest BCUT2D eigenvalue weighted by molar-refractivity contribution is 6.35. The number of anilines is 3. The summed E-state index contributed by atoms with van der Waals surface area (Å²) in [6.07, 6.45) is 2.44. The second-order valence-electron chi connectivity index (χ2n) is 4.68. The van der Waals surface area contributed by atoms with Crippen molar-refractivity contribution in [2.45, 2.75) is 0 Å². The van der Waals surface area contributed by atoms with Crippen LogP contribution in [0.1, 0.15) is 5.56 Å². The molecule has 8 heteroatoms. The van der Waals surface area contributed by atoms with Gasteiger partial charge in [-0.05, 0) is 12.1 Å². The molecule has 114 valence electrons. The van der Waals surface area contributed by atoms with Crippen LogP contribution in [0.3, 0.4) is 0 Å². The maximum absolute atomic E-state index is 13.3. The molecule has 0 spiro atoms. The monoisotopic (exact) mass is 331 g/mol. The SMILES string of the molecule is N#Cc1cnc2c(Cl)cc(N)cc2c1Nc1cnc(F)c(F)c1. The highest BCUT2D eigenvalue weighted by atomic mass is 35.5. The van der Waals surface area contributed by atoms with Gasteiger partial charge in [-0.2, -0.15) is 9.65 Å². The Morgan fingerprint density at radius 3 is 2.65 bits per heavy atom. The number of fused-ring (bicyclic) bond motifs is 1. The van der Waals surface area contributed by atoms with Gasteiger partial charge in [0.25, 0.3) is 0 Å². The van der Waals surface area contributed by atoms with Crippen molar-refractivity contribution in [1.82, 2.24) is 9.97 Å². The first-order valence-electron chi connectivity index (χ1n) is 6.35. The second-order valence-corrected chi connectivity index (χ2v) is 5.09. The maximum atomic E-state index is 13.3. The molecule has 0 saturated carbocycles. The average molecular weight is 332 g/mol. The molecule has 3 aromatic rings. The van der Waals surface area contributed by atoms with Gasteiger partial charge < -0.3 is 11.1 Å². The number of halogens is 3. The predicted molar refractivity (Wildman–Crippen MR) is 83.3 cm³/mol. The summed E-state index contributed by atoms with van der Waals surface area (Å²) in [4.78, 5) is 7.42. The fourth-order valence-corrected chi connectivity index (χ4v) is 2.41. The number of nitriles is 1. The normalized spacial score (nSPS) is 10.5. The van der Waals surface area contributed by atoms with Crippen molar-refractivity contribution < 1.29 is 8.78 Å². The zero-order valence-corrected chi connectivity index (χ0v) is 12.2. The Morgan fingerprint density at radius 1 is 1.17 bits per heavy atom. The summed E-state index contributed by atoms with van der Waals surface area (Å²) in [5.41, 5.74) is 7.29. The Morgan fingerprint density at radius 2 is 1.96 bits per heavy atom. The topological polar surface area (TPSA) is 87.6 Å². The van der Waals surface area contributed by atoms with E-state index in [0.717, 1.165) is 12.3 Å². The number of aromatic nitrogens is 2. The van der Waals surface area contributed by atoms with Crippen molar-refractivity contribution >= 4 is 39.6 Å². The first kappa shape index (κ1) is 14.9. The van der Waals surface area contributed by atoms with Gasteiger partial charge in [-0.25, -0.2) is 9.37 Å². The van der Waals surface area contributed by atoms with Gasteiger partial charge in [0.05, 0.1) is 33.7 Å². The molecule has 2 aromatic heterocycles. The van der Waals surface area contributed by atoms with Crippen LogP contribution in [0.4, 0.5) is 25.8 Å². The molecule has 1 aromatic carbocycles. The van der Waals surface area contributed by atoms with E-state index in [4.69, 9.17) is 17.3 Å². The lowest BCUT2D eigenvalue weighted by Crippen LogP contribution is -2.00. The number of nitrogens with zero attached hydrogens (tertiary/aromatic N) is 3. The Hall–Kier alpha value is -2.98. The quantitative estimate of drug-likeness (QED) is 0.551. The van der Waals surface area contributed by atoms with Crippen LogP contribution in [0.2, 0.25) is 5.02 Å². The molecule has 0 atom stereocenters. The number of nitrogens with one attached hydrogen (secondary N) is 1. The number of hydrogen-bond acceptors (Lipinski definition) is 5. The van der Waals surface area contributed by atoms with E-state index in [-0.39, 0.29) is 11.3 Å². The van der Waals surface area contributed by atoms with E-state index in [1.807, 2.05) is 6.07 Å². The standard InChI is InChI=1S/C15H8ClF2N5/c16-11-2-8(20)1-10-13(7(4-19)5-21-14(10)11)23-9-3-12(17)15(18)22-6-9/h1-3,5-6H,20H2,(H,21,23). The van der Waals surface area contributed by atoms with Crippen molar-refractivity contribution in [2.75, 3.05) is 11.1 Å². The molecule has 0 radical (unpaired) electrons. The van der Waals surface area contributed by atoms with Crippen LogP contribution in [0.25, 0.3) is 10.9 Å². The Balaban J connectivity index is 2.22. The lowest BCUT2D eigenvalue weighted by Gasteiger charge is -2.12. The molecule has 0 saturated heterocycles. The summed E-state index contributed by atoms with van der Waals surface area (Å²) < 4.78 is 26.2. The minimum atomic E-state index is -1.21. The van der Waals surface area contributed by atoms with Gasteiger partial charge in [-0.1, -0.05) is 11.6 Å². The van der Waals surface area contributed by atoms with E-state index in [2.05, 4.69) is 15.3 Å². The highest BCUT2D eigenvalue weighted by Gasteiger charge is 2.13. The van der Waals surface area contributed by atoms with Crippen LogP contribution in [0.5, 0.6) is 0 Å².